The van der Waals surface area contributed by atoms with Crippen LogP contribution in [0.25, 0.3) is 0 Å². The smallest absolute Gasteiger partial charge is 0.273 e. The van der Waals surface area contributed by atoms with Crippen LogP contribution in [-0.4, -0.2) is 46.7 Å². The van der Waals surface area contributed by atoms with Gasteiger partial charge in [0, 0.05) is 12.7 Å². The lowest BCUT2D eigenvalue weighted by atomic mass is 10.1. The second-order valence-corrected chi connectivity index (χ2v) is 6.34. The Balaban J connectivity index is 1.72. The van der Waals surface area contributed by atoms with E-state index in [1.165, 1.54) is 27.5 Å². The van der Waals surface area contributed by atoms with Crippen LogP contribution in [0.5, 0.6) is 23.0 Å². The van der Waals surface area contributed by atoms with Crippen LogP contribution >= 0.6 is 11.6 Å². The van der Waals surface area contributed by atoms with Crippen molar-refractivity contribution in [3.05, 3.63) is 46.5 Å². The summed E-state index contributed by atoms with van der Waals surface area (Å²) in [6.45, 7) is 0.949. The lowest BCUT2D eigenvalue weighted by Crippen LogP contribution is -2.27. The van der Waals surface area contributed by atoms with E-state index in [0.29, 0.717) is 52.4 Å². The van der Waals surface area contributed by atoms with Gasteiger partial charge in [0.25, 0.3) is 5.91 Å². The minimum absolute atomic E-state index is 0.319. The zero-order valence-electron chi connectivity index (χ0n) is 16.2. The van der Waals surface area contributed by atoms with Gasteiger partial charge in [-0.2, -0.15) is 5.10 Å². The van der Waals surface area contributed by atoms with Gasteiger partial charge < -0.3 is 23.7 Å². The molecule has 2 aromatic rings. The third-order valence-electron chi connectivity index (χ3n) is 4.24. The molecule has 0 saturated heterocycles. The van der Waals surface area contributed by atoms with Gasteiger partial charge in [0.15, 0.2) is 29.1 Å². The van der Waals surface area contributed by atoms with Gasteiger partial charge in [-0.3, -0.25) is 4.79 Å². The fourth-order valence-corrected chi connectivity index (χ4v) is 3.13. The number of nitrogens with zero attached hydrogens (tertiary/aromatic N) is 1. The first-order valence-corrected chi connectivity index (χ1v) is 9.12. The number of hydrazone groups is 1. The number of amides is 1. The maximum absolute atomic E-state index is 12.5. The fraction of sp³-hybridized carbons (Fsp3) is 0.300. The van der Waals surface area contributed by atoms with E-state index in [4.69, 9.17) is 35.3 Å². The molecule has 0 fully saturated rings. The average Bonchev–Trinajstić information content (AvgIpc) is 2.75. The molecule has 1 atom stereocenters. The molecule has 0 aliphatic carbocycles. The summed E-state index contributed by atoms with van der Waals surface area (Å²) in [5, 5.41) is 4.29. The lowest BCUT2D eigenvalue weighted by Gasteiger charge is -2.20. The molecular weight excluding hydrogens is 400 g/mol. The van der Waals surface area contributed by atoms with Gasteiger partial charge in [-0.05, 0) is 29.8 Å². The summed E-state index contributed by atoms with van der Waals surface area (Å²) < 4.78 is 26.8. The Kier molecular flexibility index (Phi) is 6.79. The molecular formula is C20H21ClN2O6. The molecule has 0 aromatic heterocycles. The van der Waals surface area contributed by atoms with Gasteiger partial charge in [0.1, 0.15) is 13.2 Å². The first-order valence-electron chi connectivity index (χ1n) is 8.74. The SMILES string of the molecule is COc1ccc(/C=N/NC(=O)C(OC)c2ccc3c(c2)OCCO3)c(Cl)c1OC. The molecule has 1 amide bonds. The highest BCUT2D eigenvalue weighted by atomic mass is 35.5. The van der Waals surface area contributed by atoms with Crippen LogP contribution < -0.4 is 24.4 Å². The summed E-state index contributed by atoms with van der Waals surface area (Å²) in [5.41, 5.74) is 3.63. The molecule has 2 aromatic carbocycles. The van der Waals surface area contributed by atoms with Gasteiger partial charge in [-0.1, -0.05) is 17.7 Å². The van der Waals surface area contributed by atoms with Crippen LogP contribution in [0.4, 0.5) is 0 Å². The second kappa shape index (κ2) is 9.49. The van der Waals surface area contributed by atoms with Crippen molar-refractivity contribution in [2.75, 3.05) is 34.5 Å². The number of methoxy groups -OCH3 is 3. The van der Waals surface area contributed by atoms with E-state index in [1.54, 1.807) is 30.3 Å². The summed E-state index contributed by atoms with van der Waals surface area (Å²) in [7, 11) is 4.45. The Morgan fingerprint density at radius 2 is 1.90 bits per heavy atom. The molecule has 1 heterocycles. The van der Waals surface area contributed by atoms with Crippen molar-refractivity contribution in [2.24, 2.45) is 5.10 Å². The number of rotatable bonds is 7. The molecule has 1 unspecified atom stereocenters. The molecule has 1 aliphatic heterocycles. The molecule has 0 saturated carbocycles. The van der Waals surface area contributed by atoms with E-state index in [-0.39, 0.29) is 0 Å². The Hall–Kier alpha value is -2.97. The summed E-state index contributed by atoms with van der Waals surface area (Å²) in [5.74, 6) is 1.64. The average molecular weight is 421 g/mol. The van der Waals surface area contributed by atoms with E-state index in [2.05, 4.69) is 10.5 Å². The number of hydrogen-bond acceptors (Lipinski definition) is 7. The molecule has 0 radical (unpaired) electrons. The zero-order chi connectivity index (χ0) is 20.8. The minimum atomic E-state index is -0.871. The van der Waals surface area contributed by atoms with Crippen molar-refractivity contribution >= 4 is 23.7 Å². The maximum atomic E-state index is 12.5. The van der Waals surface area contributed by atoms with Crippen molar-refractivity contribution in [1.82, 2.24) is 5.43 Å². The molecule has 3 rings (SSSR count). The molecule has 1 aliphatic rings. The number of benzene rings is 2. The summed E-state index contributed by atoms with van der Waals surface area (Å²) in [4.78, 5) is 12.5. The Labute approximate surface area is 173 Å². The van der Waals surface area contributed by atoms with Crippen LogP contribution in [-0.2, 0) is 9.53 Å². The number of fused-ring (bicyclic) bond motifs is 1. The fourth-order valence-electron chi connectivity index (χ4n) is 2.85. The van der Waals surface area contributed by atoms with E-state index in [1.807, 2.05) is 0 Å². The number of halogens is 1. The molecule has 9 heteroatoms. The largest absolute Gasteiger partial charge is 0.493 e. The number of ether oxygens (including phenoxy) is 5. The number of carbonyl (C=O) groups excluding carboxylic acids is 1. The number of carbonyl (C=O) groups is 1. The molecule has 0 bridgehead atoms. The number of nitrogens with one attached hydrogen (secondary N) is 1. The first kappa shape index (κ1) is 20.8. The van der Waals surface area contributed by atoms with Crippen LogP contribution in [0, 0.1) is 0 Å². The molecule has 0 spiro atoms. The molecule has 154 valence electrons. The highest BCUT2D eigenvalue weighted by Gasteiger charge is 2.22. The molecule has 1 N–H and O–H groups in total. The van der Waals surface area contributed by atoms with Crippen LogP contribution in [0.2, 0.25) is 5.02 Å². The quantitative estimate of drug-likeness (QED) is 0.547. The van der Waals surface area contributed by atoms with E-state index in [9.17, 15) is 4.79 Å². The Bertz CT molecular complexity index is 918. The third-order valence-corrected chi connectivity index (χ3v) is 4.63. The summed E-state index contributed by atoms with van der Waals surface area (Å²) in [6.07, 6.45) is 0.544. The predicted octanol–water partition coefficient (Wildman–Crippen LogP) is 2.97. The van der Waals surface area contributed by atoms with E-state index >= 15 is 0 Å². The van der Waals surface area contributed by atoms with Gasteiger partial charge in [0.05, 0.1) is 25.5 Å². The van der Waals surface area contributed by atoms with Gasteiger partial charge >= 0.3 is 0 Å². The third kappa shape index (κ3) is 4.55. The Morgan fingerprint density at radius 1 is 1.14 bits per heavy atom. The van der Waals surface area contributed by atoms with Gasteiger partial charge in [-0.15, -0.1) is 0 Å². The normalized spacial score (nSPS) is 13.8. The number of hydrogen-bond donors (Lipinski definition) is 1. The van der Waals surface area contributed by atoms with Crippen LogP contribution in [0.3, 0.4) is 0 Å². The van der Waals surface area contributed by atoms with Crippen molar-refractivity contribution in [3.63, 3.8) is 0 Å². The van der Waals surface area contributed by atoms with Gasteiger partial charge in [-0.25, -0.2) is 5.43 Å². The van der Waals surface area contributed by atoms with Gasteiger partial charge in [0.2, 0.25) is 0 Å². The molecule has 29 heavy (non-hydrogen) atoms. The second-order valence-electron chi connectivity index (χ2n) is 5.96. The van der Waals surface area contributed by atoms with Crippen LogP contribution in [0.1, 0.15) is 17.2 Å². The van der Waals surface area contributed by atoms with E-state index < -0.39 is 12.0 Å². The zero-order valence-corrected chi connectivity index (χ0v) is 17.0. The first-order chi connectivity index (χ1) is 14.1. The summed E-state index contributed by atoms with van der Waals surface area (Å²) >= 11 is 6.30. The summed E-state index contributed by atoms with van der Waals surface area (Å²) in [6, 6.07) is 8.61. The highest BCUT2D eigenvalue weighted by molar-refractivity contribution is 6.34. The minimum Gasteiger partial charge on any atom is -0.493 e. The van der Waals surface area contributed by atoms with Crippen LogP contribution in [0.15, 0.2) is 35.4 Å². The van der Waals surface area contributed by atoms with Crippen molar-refractivity contribution in [3.8, 4) is 23.0 Å². The topological polar surface area (TPSA) is 87.6 Å². The predicted molar refractivity (Wildman–Crippen MR) is 107 cm³/mol. The van der Waals surface area contributed by atoms with Crippen molar-refractivity contribution < 1.29 is 28.5 Å². The standard InChI is InChI=1S/C20H21ClN2O6/c1-25-15-7-5-13(17(21)19(15)27-3)11-22-23-20(24)18(26-2)12-4-6-14-16(10-12)29-9-8-28-14/h4-7,10-11,18H,8-9H2,1-3H3,(H,23,24)/b22-11+. The monoisotopic (exact) mass is 420 g/mol. The van der Waals surface area contributed by atoms with E-state index in [0.717, 1.165) is 0 Å². The lowest BCUT2D eigenvalue weighted by molar-refractivity contribution is -0.131. The van der Waals surface area contributed by atoms with Crippen molar-refractivity contribution in [1.29, 1.82) is 0 Å². The van der Waals surface area contributed by atoms with Crippen molar-refractivity contribution in [2.45, 2.75) is 6.10 Å². The highest BCUT2D eigenvalue weighted by Crippen LogP contribution is 2.36. The molecule has 8 nitrogen and oxygen atoms in total. The Morgan fingerprint density at radius 3 is 2.59 bits per heavy atom. The maximum Gasteiger partial charge on any atom is 0.273 e.